The van der Waals surface area contributed by atoms with Crippen LogP contribution < -0.4 is 0 Å². The average molecular weight is 250 g/mol. The number of methoxy groups -OCH3 is 1. The molecule has 0 radical (unpaired) electrons. The average Bonchev–Trinajstić information content (AvgIpc) is 2.10. The molecule has 0 aliphatic heterocycles. The van der Waals surface area contributed by atoms with Crippen molar-refractivity contribution in [3.8, 4) is 0 Å². The van der Waals surface area contributed by atoms with E-state index in [-0.39, 0.29) is 12.5 Å². The molecule has 1 atom stereocenters. The smallest absolute Gasteiger partial charge is 0.382 e. The summed E-state index contributed by atoms with van der Waals surface area (Å²) in [6.07, 6.45) is 0.482. The second kappa shape index (κ2) is 5.66. The van der Waals surface area contributed by atoms with E-state index in [4.69, 9.17) is 4.74 Å². The van der Waals surface area contributed by atoms with Crippen molar-refractivity contribution in [1.82, 2.24) is 0 Å². The fraction of sp³-hybridized carbons (Fsp3) is 1.00. The molecule has 0 fully saturated rings. The van der Waals surface area contributed by atoms with Gasteiger partial charge in [0.1, 0.15) is 0 Å². The molecule has 0 rings (SSSR count). The first-order valence-corrected chi connectivity index (χ1v) is 5.60. The topological polar surface area (TPSA) is 52.6 Å². The van der Waals surface area contributed by atoms with Crippen molar-refractivity contribution in [1.29, 1.82) is 0 Å². The Balaban J connectivity index is 3.88. The summed E-state index contributed by atoms with van der Waals surface area (Å²) < 4.78 is 64.6. The van der Waals surface area contributed by atoms with Crippen molar-refractivity contribution in [3.63, 3.8) is 0 Å². The molecule has 0 aromatic heterocycles. The molecular formula is C7H13F3O4S. The lowest BCUT2D eigenvalue weighted by atomic mass is 10.2. The van der Waals surface area contributed by atoms with Gasteiger partial charge in [0.2, 0.25) is 0 Å². The second-order valence-electron chi connectivity index (χ2n) is 2.91. The summed E-state index contributed by atoms with van der Waals surface area (Å²) in [5.41, 5.74) is -5.35. The van der Waals surface area contributed by atoms with Gasteiger partial charge in [0.15, 0.2) is 0 Å². The summed E-state index contributed by atoms with van der Waals surface area (Å²) in [6, 6.07) is 0. The van der Waals surface area contributed by atoms with Crippen LogP contribution in [0.1, 0.15) is 19.8 Å². The van der Waals surface area contributed by atoms with E-state index in [9.17, 15) is 21.6 Å². The largest absolute Gasteiger partial charge is 0.523 e. The Kier molecular flexibility index (Phi) is 5.54. The summed E-state index contributed by atoms with van der Waals surface area (Å²) in [5, 5.41) is 0. The van der Waals surface area contributed by atoms with Gasteiger partial charge in [0.25, 0.3) is 0 Å². The first kappa shape index (κ1) is 14.7. The molecule has 0 aromatic carbocycles. The van der Waals surface area contributed by atoms with Crippen molar-refractivity contribution in [2.75, 3.05) is 13.7 Å². The maximum atomic E-state index is 11.7. The van der Waals surface area contributed by atoms with Gasteiger partial charge in [0, 0.05) is 7.11 Å². The van der Waals surface area contributed by atoms with E-state index in [1.165, 1.54) is 7.11 Å². The third-order valence-electron chi connectivity index (χ3n) is 1.68. The molecule has 0 aromatic rings. The van der Waals surface area contributed by atoms with Gasteiger partial charge in [-0.3, -0.25) is 4.18 Å². The molecule has 0 bridgehead atoms. The van der Waals surface area contributed by atoms with Crippen LogP contribution in [-0.2, 0) is 19.0 Å². The highest BCUT2D eigenvalue weighted by molar-refractivity contribution is 7.87. The Morgan fingerprint density at radius 3 is 2.27 bits per heavy atom. The van der Waals surface area contributed by atoms with E-state index in [0.29, 0.717) is 6.42 Å². The standard InChI is InChI=1S/C7H13F3O4S/c1-6(13-2)4-3-5-14-15(11,12)7(8,9)10/h6H,3-5H2,1-2H3. The van der Waals surface area contributed by atoms with Crippen LogP contribution in [-0.4, -0.2) is 33.7 Å². The first-order chi connectivity index (χ1) is 6.70. The molecule has 1 unspecified atom stereocenters. The SMILES string of the molecule is COC(C)CCCOS(=O)(=O)C(F)(F)F. The highest BCUT2D eigenvalue weighted by atomic mass is 32.2. The Morgan fingerprint density at radius 1 is 1.33 bits per heavy atom. The Bertz CT molecular complexity index is 272. The Hall–Kier alpha value is -0.340. The van der Waals surface area contributed by atoms with Crippen molar-refractivity contribution in [2.24, 2.45) is 0 Å². The molecule has 0 saturated carbocycles. The van der Waals surface area contributed by atoms with Gasteiger partial charge in [0.05, 0.1) is 12.7 Å². The maximum Gasteiger partial charge on any atom is 0.523 e. The summed E-state index contributed by atoms with van der Waals surface area (Å²) in [4.78, 5) is 0. The second-order valence-corrected chi connectivity index (χ2v) is 4.52. The Labute approximate surface area is 86.5 Å². The third kappa shape index (κ3) is 5.33. The van der Waals surface area contributed by atoms with Crippen LogP contribution in [0.15, 0.2) is 0 Å². The molecule has 92 valence electrons. The summed E-state index contributed by atoms with van der Waals surface area (Å²) in [7, 11) is -3.99. The van der Waals surface area contributed by atoms with Crippen molar-refractivity contribution >= 4 is 10.1 Å². The van der Waals surface area contributed by atoms with E-state index < -0.39 is 22.2 Å². The van der Waals surface area contributed by atoms with E-state index in [2.05, 4.69) is 4.18 Å². The number of rotatable bonds is 6. The van der Waals surface area contributed by atoms with Crippen molar-refractivity contribution in [2.45, 2.75) is 31.4 Å². The van der Waals surface area contributed by atoms with Crippen molar-refractivity contribution in [3.05, 3.63) is 0 Å². The quantitative estimate of drug-likeness (QED) is 0.409. The lowest BCUT2D eigenvalue weighted by molar-refractivity contribution is -0.0544. The van der Waals surface area contributed by atoms with Gasteiger partial charge in [-0.1, -0.05) is 0 Å². The highest BCUT2D eigenvalue weighted by Gasteiger charge is 2.47. The monoisotopic (exact) mass is 250 g/mol. The van der Waals surface area contributed by atoms with Gasteiger partial charge in [-0.25, -0.2) is 0 Å². The number of ether oxygens (including phenoxy) is 1. The summed E-state index contributed by atoms with van der Waals surface area (Å²) in [5.74, 6) is 0. The molecule has 0 spiro atoms. The van der Waals surface area contributed by atoms with E-state index in [0.717, 1.165) is 0 Å². The predicted molar refractivity (Wildman–Crippen MR) is 46.6 cm³/mol. The minimum Gasteiger partial charge on any atom is -0.382 e. The number of hydrogen-bond donors (Lipinski definition) is 0. The summed E-state index contributed by atoms with van der Waals surface area (Å²) >= 11 is 0. The maximum absolute atomic E-state index is 11.7. The van der Waals surface area contributed by atoms with Gasteiger partial charge < -0.3 is 4.74 Å². The fourth-order valence-electron chi connectivity index (χ4n) is 0.724. The number of alkyl halides is 3. The molecule has 0 heterocycles. The van der Waals surface area contributed by atoms with Crippen LogP contribution in [0.2, 0.25) is 0 Å². The zero-order valence-electron chi connectivity index (χ0n) is 8.37. The third-order valence-corrected chi connectivity index (χ3v) is 2.72. The molecular weight excluding hydrogens is 237 g/mol. The minimum atomic E-state index is -5.44. The molecule has 0 aliphatic carbocycles. The fourth-order valence-corrected chi connectivity index (χ4v) is 1.19. The molecule has 8 heteroatoms. The van der Waals surface area contributed by atoms with Gasteiger partial charge >= 0.3 is 15.6 Å². The number of hydrogen-bond acceptors (Lipinski definition) is 4. The number of halogens is 3. The summed E-state index contributed by atoms with van der Waals surface area (Å²) in [6.45, 7) is 1.23. The van der Waals surface area contributed by atoms with Crippen LogP contribution in [0.5, 0.6) is 0 Å². The van der Waals surface area contributed by atoms with Crippen LogP contribution in [0.25, 0.3) is 0 Å². The van der Waals surface area contributed by atoms with E-state index in [1.807, 2.05) is 0 Å². The molecule has 0 N–H and O–H groups in total. The minimum absolute atomic E-state index is 0.137. The van der Waals surface area contributed by atoms with Crippen LogP contribution >= 0.6 is 0 Å². The van der Waals surface area contributed by atoms with E-state index in [1.54, 1.807) is 6.92 Å². The zero-order valence-corrected chi connectivity index (χ0v) is 9.19. The van der Waals surface area contributed by atoms with Gasteiger partial charge in [-0.15, -0.1) is 0 Å². The predicted octanol–water partition coefficient (Wildman–Crippen LogP) is 1.67. The Morgan fingerprint density at radius 2 is 1.87 bits per heavy atom. The highest BCUT2D eigenvalue weighted by Crippen LogP contribution is 2.24. The van der Waals surface area contributed by atoms with E-state index >= 15 is 0 Å². The van der Waals surface area contributed by atoms with Gasteiger partial charge in [-0.2, -0.15) is 21.6 Å². The van der Waals surface area contributed by atoms with Crippen LogP contribution in [0, 0.1) is 0 Å². The van der Waals surface area contributed by atoms with Gasteiger partial charge in [-0.05, 0) is 19.8 Å². The zero-order chi connectivity index (χ0) is 12.1. The molecule has 15 heavy (non-hydrogen) atoms. The molecule has 0 aliphatic rings. The normalized spacial score (nSPS) is 15.3. The molecule has 4 nitrogen and oxygen atoms in total. The molecule has 0 amide bonds. The first-order valence-electron chi connectivity index (χ1n) is 4.19. The van der Waals surface area contributed by atoms with Crippen molar-refractivity contribution < 1.29 is 30.5 Å². The molecule has 0 saturated heterocycles. The lowest BCUT2D eigenvalue weighted by Gasteiger charge is -2.10. The van der Waals surface area contributed by atoms with Crippen LogP contribution in [0.3, 0.4) is 0 Å². The van der Waals surface area contributed by atoms with Crippen LogP contribution in [0.4, 0.5) is 13.2 Å². The lowest BCUT2D eigenvalue weighted by Crippen LogP contribution is -2.26.